The number of benzene rings is 1. The molecule has 1 aliphatic heterocycles. The first-order valence-electron chi connectivity index (χ1n) is 8.15. The number of hydrogen-bond donors (Lipinski definition) is 1. The Bertz CT molecular complexity index is 1030. The van der Waals surface area contributed by atoms with Gasteiger partial charge < -0.3 is 15.2 Å². The fourth-order valence-electron chi connectivity index (χ4n) is 2.70. The number of pyridine rings is 1. The summed E-state index contributed by atoms with van der Waals surface area (Å²) in [5.41, 5.74) is 7.88. The SMILES string of the molecule is Nc1nc(SCc2cc([N+](=O)[O-])cc3c2OCOC3)nc(-c2ccncc2)n1. The predicted molar refractivity (Wildman–Crippen MR) is 100 cm³/mol. The molecular formula is C17H14N6O4S. The van der Waals surface area contributed by atoms with Crippen molar-refractivity contribution >= 4 is 23.4 Å². The third kappa shape index (κ3) is 3.85. The minimum atomic E-state index is -0.439. The number of thioether (sulfide) groups is 1. The molecular weight excluding hydrogens is 384 g/mol. The predicted octanol–water partition coefficient (Wildman–Crippen LogP) is 2.58. The molecule has 2 aromatic heterocycles. The lowest BCUT2D eigenvalue weighted by Gasteiger charge is -2.20. The van der Waals surface area contributed by atoms with E-state index in [-0.39, 0.29) is 25.0 Å². The minimum absolute atomic E-state index is 0.0175. The number of non-ortho nitro benzene ring substituents is 1. The highest BCUT2D eigenvalue weighted by atomic mass is 32.2. The van der Waals surface area contributed by atoms with Gasteiger partial charge in [-0.3, -0.25) is 15.1 Å². The minimum Gasteiger partial charge on any atom is -0.467 e. The highest BCUT2D eigenvalue weighted by Gasteiger charge is 2.21. The standard InChI is InChI=1S/C17H14N6O4S/c18-16-20-15(10-1-3-19-4-2-10)21-17(22-16)28-8-12-6-13(23(24)25)5-11-7-26-9-27-14(11)12/h1-6H,7-9H2,(H2,18,20,21,22). The van der Waals surface area contributed by atoms with Gasteiger partial charge in [0.15, 0.2) is 17.8 Å². The zero-order chi connectivity index (χ0) is 19.5. The van der Waals surface area contributed by atoms with Gasteiger partial charge in [-0.1, -0.05) is 11.8 Å². The zero-order valence-electron chi connectivity index (χ0n) is 14.4. The molecule has 0 fully saturated rings. The Morgan fingerprint density at radius 3 is 2.82 bits per heavy atom. The first-order chi connectivity index (χ1) is 13.6. The first-order valence-corrected chi connectivity index (χ1v) is 9.14. The van der Waals surface area contributed by atoms with Crippen molar-refractivity contribution in [2.45, 2.75) is 17.5 Å². The largest absolute Gasteiger partial charge is 0.467 e. The second-order valence-corrected chi connectivity index (χ2v) is 6.73. The van der Waals surface area contributed by atoms with Crippen molar-refractivity contribution in [3.05, 3.63) is 57.9 Å². The lowest BCUT2D eigenvalue weighted by molar-refractivity contribution is -0.385. The van der Waals surface area contributed by atoms with Gasteiger partial charge >= 0.3 is 0 Å². The molecule has 0 amide bonds. The average molecular weight is 398 g/mol. The van der Waals surface area contributed by atoms with Crippen LogP contribution in [0.4, 0.5) is 11.6 Å². The van der Waals surface area contributed by atoms with Crippen LogP contribution in [0.15, 0.2) is 41.8 Å². The molecule has 3 aromatic rings. The molecule has 0 unspecified atom stereocenters. The van der Waals surface area contributed by atoms with Crippen molar-refractivity contribution < 1.29 is 14.4 Å². The van der Waals surface area contributed by atoms with Crippen LogP contribution in [-0.4, -0.2) is 31.7 Å². The van der Waals surface area contributed by atoms with Crippen molar-refractivity contribution in [2.75, 3.05) is 12.5 Å². The number of nitrogen functional groups attached to an aromatic ring is 1. The smallest absolute Gasteiger partial charge is 0.270 e. The van der Waals surface area contributed by atoms with Crippen LogP contribution in [0.3, 0.4) is 0 Å². The van der Waals surface area contributed by atoms with E-state index in [1.54, 1.807) is 24.5 Å². The fourth-order valence-corrected chi connectivity index (χ4v) is 3.51. The van der Waals surface area contributed by atoms with E-state index in [2.05, 4.69) is 19.9 Å². The summed E-state index contributed by atoms with van der Waals surface area (Å²) in [5.74, 6) is 1.49. The van der Waals surface area contributed by atoms with Crippen LogP contribution in [0.5, 0.6) is 5.75 Å². The van der Waals surface area contributed by atoms with E-state index in [0.717, 1.165) is 5.56 Å². The Hall–Kier alpha value is -3.31. The van der Waals surface area contributed by atoms with Crippen molar-refractivity contribution in [3.63, 3.8) is 0 Å². The van der Waals surface area contributed by atoms with Gasteiger partial charge in [0.05, 0.1) is 11.5 Å². The van der Waals surface area contributed by atoms with Crippen molar-refractivity contribution in [3.8, 4) is 17.1 Å². The van der Waals surface area contributed by atoms with E-state index in [0.29, 0.717) is 33.6 Å². The van der Waals surface area contributed by atoms with E-state index in [4.69, 9.17) is 15.2 Å². The van der Waals surface area contributed by atoms with Crippen molar-refractivity contribution in [1.29, 1.82) is 0 Å². The van der Waals surface area contributed by atoms with Crippen LogP contribution in [0.2, 0.25) is 0 Å². The average Bonchev–Trinajstić information content (AvgIpc) is 2.72. The number of nitrogens with two attached hydrogens (primary N) is 1. The monoisotopic (exact) mass is 398 g/mol. The van der Waals surface area contributed by atoms with Crippen LogP contribution < -0.4 is 10.5 Å². The molecule has 10 nitrogen and oxygen atoms in total. The Labute approximate surface area is 163 Å². The van der Waals surface area contributed by atoms with Crippen LogP contribution >= 0.6 is 11.8 Å². The highest BCUT2D eigenvalue weighted by Crippen LogP contribution is 2.36. The third-order valence-corrected chi connectivity index (χ3v) is 4.81. The summed E-state index contributed by atoms with van der Waals surface area (Å²) in [7, 11) is 0. The molecule has 0 radical (unpaired) electrons. The molecule has 0 spiro atoms. The molecule has 0 saturated heterocycles. The summed E-state index contributed by atoms with van der Waals surface area (Å²) in [5, 5.41) is 11.6. The summed E-state index contributed by atoms with van der Waals surface area (Å²) in [6.45, 7) is 0.368. The maximum absolute atomic E-state index is 11.2. The number of nitro groups is 1. The number of anilines is 1. The van der Waals surface area contributed by atoms with E-state index in [1.807, 2.05) is 0 Å². The Balaban J connectivity index is 1.62. The number of ether oxygens (including phenoxy) is 2. The summed E-state index contributed by atoms with van der Waals surface area (Å²) in [6, 6.07) is 6.50. The van der Waals surface area contributed by atoms with Gasteiger partial charge in [0.1, 0.15) is 5.75 Å². The molecule has 0 aliphatic carbocycles. The molecule has 3 heterocycles. The number of nitrogens with zero attached hydrogens (tertiary/aromatic N) is 5. The molecule has 0 saturated carbocycles. The topological polar surface area (TPSA) is 139 Å². The van der Waals surface area contributed by atoms with Gasteiger partial charge in [0.2, 0.25) is 5.95 Å². The quantitative estimate of drug-likeness (QED) is 0.387. The molecule has 11 heteroatoms. The van der Waals surface area contributed by atoms with Gasteiger partial charge in [-0.15, -0.1) is 0 Å². The van der Waals surface area contributed by atoms with E-state index < -0.39 is 4.92 Å². The third-order valence-electron chi connectivity index (χ3n) is 3.91. The maximum Gasteiger partial charge on any atom is 0.270 e. The lowest BCUT2D eigenvalue weighted by atomic mass is 10.1. The van der Waals surface area contributed by atoms with E-state index in [9.17, 15) is 10.1 Å². The van der Waals surface area contributed by atoms with Crippen LogP contribution in [0.25, 0.3) is 11.4 Å². The van der Waals surface area contributed by atoms with Gasteiger partial charge in [0.25, 0.3) is 5.69 Å². The van der Waals surface area contributed by atoms with Gasteiger partial charge in [-0.25, -0.2) is 4.98 Å². The normalized spacial score (nSPS) is 12.9. The lowest BCUT2D eigenvalue weighted by Crippen LogP contribution is -2.13. The molecule has 142 valence electrons. The summed E-state index contributed by atoms with van der Waals surface area (Å²) in [6.07, 6.45) is 3.27. The second kappa shape index (κ2) is 7.74. The fraction of sp³-hybridized carbons (Fsp3) is 0.176. The molecule has 28 heavy (non-hydrogen) atoms. The molecule has 4 rings (SSSR count). The van der Waals surface area contributed by atoms with Crippen molar-refractivity contribution in [2.24, 2.45) is 0 Å². The Morgan fingerprint density at radius 1 is 1.21 bits per heavy atom. The first kappa shape index (κ1) is 18.1. The summed E-state index contributed by atoms with van der Waals surface area (Å²) in [4.78, 5) is 27.5. The maximum atomic E-state index is 11.2. The van der Waals surface area contributed by atoms with Gasteiger partial charge in [-0.2, -0.15) is 9.97 Å². The Morgan fingerprint density at radius 2 is 2.04 bits per heavy atom. The van der Waals surface area contributed by atoms with Crippen LogP contribution in [-0.2, 0) is 17.1 Å². The van der Waals surface area contributed by atoms with Gasteiger partial charge in [-0.05, 0) is 12.1 Å². The zero-order valence-corrected chi connectivity index (χ0v) is 15.3. The number of nitro benzene ring substituents is 1. The molecule has 0 atom stereocenters. The highest BCUT2D eigenvalue weighted by molar-refractivity contribution is 7.98. The molecule has 1 aromatic carbocycles. The summed E-state index contributed by atoms with van der Waals surface area (Å²) < 4.78 is 10.8. The molecule has 1 aliphatic rings. The second-order valence-electron chi connectivity index (χ2n) is 5.79. The molecule has 2 N–H and O–H groups in total. The Kier molecular flexibility index (Phi) is 5.00. The number of aromatic nitrogens is 4. The van der Waals surface area contributed by atoms with Gasteiger partial charge in [0, 0.05) is 47.0 Å². The number of hydrogen-bond acceptors (Lipinski definition) is 10. The van der Waals surface area contributed by atoms with E-state index >= 15 is 0 Å². The summed E-state index contributed by atoms with van der Waals surface area (Å²) >= 11 is 1.29. The van der Waals surface area contributed by atoms with Crippen molar-refractivity contribution in [1.82, 2.24) is 19.9 Å². The number of rotatable bonds is 5. The van der Waals surface area contributed by atoms with Crippen LogP contribution in [0.1, 0.15) is 11.1 Å². The molecule has 0 bridgehead atoms. The number of fused-ring (bicyclic) bond motifs is 1. The van der Waals surface area contributed by atoms with E-state index in [1.165, 1.54) is 23.9 Å². The van der Waals surface area contributed by atoms with Crippen LogP contribution in [0, 0.1) is 10.1 Å².